The summed E-state index contributed by atoms with van der Waals surface area (Å²) in [5.74, 6) is 0. The lowest BCUT2D eigenvalue weighted by atomic mass is 10.0. The van der Waals surface area contributed by atoms with E-state index in [4.69, 9.17) is 0 Å². The van der Waals surface area contributed by atoms with Crippen LogP contribution in [0.15, 0.2) is 72.9 Å². The molecule has 2 N–H and O–H groups in total. The molecule has 1 heterocycles. The first kappa shape index (κ1) is 18.4. The molecule has 0 bridgehead atoms. The molecule has 3 nitrogen and oxygen atoms in total. The average molecular weight is 348 g/mol. The largest absolute Gasteiger partial charge is 0.387 e. The summed E-state index contributed by atoms with van der Waals surface area (Å²) in [6.45, 7) is 7.15. The van der Waals surface area contributed by atoms with Crippen LogP contribution in [0.5, 0.6) is 0 Å². The van der Waals surface area contributed by atoms with E-state index in [1.807, 2.05) is 43.3 Å². The van der Waals surface area contributed by atoms with Gasteiger partial charge >= 0.3 is 0 Å². The van der Waals surface area contributed by atoms with Crippen molar-refractivity contribution in [3.05, 3.63) is 95.3 Å². The van der Waals surface area contributed by atoms with E-state index in [2.05, 4.69) is 60.3 Å². The number of nitrogens with one attached hydrogen (secondary N) is 1. The third kappa shape index (κ3) is 4.06. The first-order chi connectivity index (χ1) is 12.6. The van der Waals surface area contributed by atoms with E-state index < -0.39 is 6.10 Å². The van der Waals surface area contributed by atoms with E-state index in [-0.39, 0.29) is 6.04 Å². The number of aliphatic hydroxyl groups excluding tert-OH is 1. The van der Waals surface area contributed by atoms with Gasteiger partial charge in [-0.3, -0.25) is 0 Å². The molecule has 26 heavy (non-hydrogen) atoms. The second-order valence-electron chi connectivity index (χ2n) is 6.95. The van der Waals surface area contributed by atoms with Crippen molar-refractivity contribution in [3.8, 4) is 0 Å². The Labute approximate surface area is 156 Å². The molecule has 0 spiro atoms. The van der Waals surface area contributed by atoms with Crippen LogP contribution in [0.1, 0.15) is 48.4 Å². The highest BCUT2D eigenvalue weighted by Gasteiger charge is 2.17. The molecule has 3 heteroatoms. The molecule has 136 valence electrons. The highest BCUT2D eigenvalue weighted by molar-refractivity contribution is 5.27. The van der Waals surface area contributed by atoms with Crippen molar-refractivity contribution >= 4 is 0 Å². The summed E-state index contributed by atoms with van der Waals surface area (Å²) in [7, 11) is 0. The Morgan fingerprint density at radius 2 is 1.46 bits per heavy atom. The summed E-state index contributed by atoms with van der Waals surface area (Å²) in [5.41, 5.74) is 4.77. The predicted octanol–water partition coefficient (Wildman–Crippen LogP) is 4.62. The second kappa shape index (κ2) is 8.35. The minimum atomic E-state index is -0.512. The molecule has 3 atom stereocenters. The van der Waals surface area contributed by atoms with E-state index in [1.165, 1.54) is 16.8 Å². The zero-order valence-electron chi connectivity index (χ0n) is 15.8. The summed E-state index contributed by atoms with van der Waals surface area (Å²) >= 11 is 0. The predicted molar refractivity (Wildman–Crippen MR) is 107 cm³/mol. The lowest BCUT2D eigenvalue weighted by Gasteiger charge is -2.21. The van der Waals surface area contributed by atoms with Crippen LogP contribution in [-0.4, -0.2) is 15.7 Å². The molecule has 3 rings (SSSR count). The van der Waals surface area contributed by atoms with Gasteiger partial charge in [0.1, 0.15) is 0 Å². The van der Waals surface area contributed by atoms with Gasteiger partial charge in [0, 0.05) is 24.5 Å². The number of hydrogen-bond acceptors (Lipinski definition) is 2. The van der Waals surface area contributed by atoms with Gasteiger partial charge in [0.2, 0.25) is 0 Å². The average Bonchev–Trinajstić information content (AvgIpc) is 3.06. The van der Waals surface area contributed by atoms with Gasteiger partial charge in [-0.25, -0.2) is 0 Å². The van der Waals surface area contributed by atoms with E-state index in [0.717, 1.165) is 12.1 Å². The standard InChI is InChI=1S/C23H28N2O/c1-17(23(26)21-12-8-5-9-13-21)24-16-22-14-15-25(19(22)3)18(2)20-10-6-4-7-11-20/h4-15,17-18,23-24,26H,16H2,1-3H3/t17-,18+,23-/m1/s1. The third-order valence-corrected chi connectivity index (χ3v) is 5.22. The van der Waals surface area contributed by atoms with Crippen molar-refractivity contribution in [1.29, 1.82) is 0 Å². The van der Waals surface area contributed by atoms with Crippen LogP contribution in [0.2, 0.25) is 0 Å². The maximum Gasteiger partial charge on any atom is 0.0940 e. The normalized spacial score (nSPS) is 14.8. The molecule has 0 fully saturated rings. The van der Waals surface area contributed by atoms with E-state index >= 15 is 0 Å². The number of hydrogen-bond donors (Lipinski definition) is 2. The molecule has 0 aliphatic heterocycles. The van der Waals surface area contributed by atoms with Crippen molar-refractivity contribution in [3.63, 3.8) is 0 Å². The van der Waals surface area contributed by atoms with Crippen molar-refractivity contribution < 1.29 is 5.11 Å². The molecule has 1 aromatic heterocycles. The fourth-order valence-electron chi connectivity index (χ4n) is 3.39. The number of nitrogens with zero attached hydrogens (tertiary/aromatic N) is 1. The molecular formula is C23H28N2O. The third-order valence-electron chi connectivity index (χ3n) is 5.22. The van der Waals surface area contributed by atoms with E-state index in [1.54, 1.807) is 0 Å². The number of rotatable bonds is 7. The van der Waals surface area contributed by atoms with Gasteiger partial charge < -0.3 is 15.0 Å². The SMILES string of the molecule is Cc1c(CN[C@H](C)[C@@H](O)c2ccccc2)ccn1[C@@H](C)c1ccccc1. The van der Waals surface area contributed by atoms with Gasteiger partial charge in [0.15, 0.2) is 0 Å². The van der Waals surface area contributed by atoms with Crippen LogP contribution in [0, 0.1) is 6.92 Å². The van der Waals surface area contributed by atoms with Gasteiger partial charge in [-0.15, -0.1) is 0 Å². The molecule has 0 saturated carbocycles. The topological polar surface area (TPSA) is 37.2 Å². The Morgan fingerprint density at radius 1 is 0.885 bits per heavy atom. The molecule has 2 aromatic carbocycles. The first-order valence-corrected chi connectivity index (χ1v) is 9.25. The highest BCUT2D eigenvalue weighted by atomic mass is 16.3. The zero-order chi connectivity index (χ0) is 18.5. The van der Waals surface area contributed by atoms with E-state index in [0.29, 0.717) is 6.04 Å². The van der Waals surface area contributed by atoms with Crippen LogP contribution in [0.25, 0.3) is 0 Å². The van der Waals surface area contributed by atoms with E-state index in [9.17, 15) is 5.11 Å². The summed E-state index contributed by atoms with van der Waals surface area (Å²) in [4.78, 5) is 0. The smallest absolute Gasteiger partial charge is 0.0940 e. The molecule has 0 unspecified atom stereocenters. The Hall–Kier alpha value is -2.36. The highest BCUT2D eigenvalue weighted by Crippen LogP contribution is 2.23. The lowest BCUT2D eigenvalue weighted by Crippen LogP contribution is -2.31. The summed E-state index contributed by atoms with van der Waals surface area (Å²) in [6.07, 6.45) is 1.64. The Bertz CT molecular complexity index is 811. The Balaban J connectivity index is 1.65. The summed E-state index contributed by atoms with van der Waals surface area (Å²) < 4.78 is 2.31. The quantitative estimate of drug-likeness (QED) is 0.654. The van der Waals surface area contributed by atoms with Crippen LogP contribution in [0.3, 0.4) is 0 Å². The van der Waals surface area contributed by atoms with Crippen LogP contribution in [0.4, 0.5) is 0 Å². The molecule has 0 aliphatic carbocycles. The van der Waals surface area contributed by atoms with Gasteiger partial charge in [0.05, 0.1) is 12.1 Å². The van der Waals surface area contributed by atoms with Gasteiger partial charge in [-0.05, 0) is 43.5 Å². The molecule has 0 radical (unpaired) electrons. The minimum absolute atomic E-state index is 0.0216. The van der Waals surface area contributed by atoms with Gasteiger partial charge in [-0.1, -0.05) is 60.7 Å². The fourth-order valence-corrected chi connectivity index (χ4v) is 3.39. The maximum atomic E-state index is 10.5. The summed E-state index contributed by atoms with van der Waals surface area (Å²) in [6, 6.07) is 22.8. The van der Waals surface area contributed by atoms with Gasteiger partial charge in [-0.2, -0.15) is 0 Å². The molecule has 0 aliphatic rings. The molecule has 0 amide bonds. The number of aromatic nitrogens is 1. The van der Waals surface area contributed by atoms with Crippen molar-refractivity contribution in [2.75, 3.05) is 0 Å². The zero-order valence-corrected chi connectivity index (χ0v) is 15.8. The number of aliphatic hydroxyl groups is 1. The minimum Gasteiger partial charge on any atom is -0.387 e. The fraction of sp³-hybridized carbons (Fsp3) is 0.304. The molecule has 0 saturated heterocycles. The van der Waals surface area contributed by atoms with Crippen molar-refractivity contribution in [1.82, 2.24) is 9.88 Å². The first-order valence-electron chi connectivity index (χ1n) is 9.25. The molecular weight excluding hydrogens is 320 g/mol. The number of benzene rings is 2. The van der Waals surface area contributed by atoms with Crippen molar-refractivity contribution in [2.24, 2.45) is 0 Å². The van der Waals surface area contributed by atoms with Gasteiger partial charge in [0.25, 0.3) is 0 Å². The Morgan fingerprint density at radius 3 is 2.08 bits per heavy atom. The van der Waals surface area contributed by atoms with Crippen LogP contribution in [-0.2, 0) is 6.54 Å². The monoisotopic (exact) mass is 348 g/mol. The van der Waals surface area contributed by atoms with Crippen LogP contribution >= 0.6 is 0 Å². The second-order valence-corrected chi connectivity index (χ2v) is 6.95. The maximum absolute atomic E-state index is 10.5. The van der Waals surface area contributed by atoms with Crippen LogP contribution < -0.4 is 5.32 Å². The molecule has 3 aromatic rings. The summed E-state index contributed by atoms with van der Waals surface area (Å²) in [5, 5.41) is 14.0. The van der Waals surface area contributed by atoms with Crippen molar-refractivity contribution in [2.45, 2.75) is 45.5 Å². The lowest BCUT2D eigenvalue weighted by molar-refractivity contribution is 0.135. The Kier molecular flexibility index (Phi) is 5.92.